The van der Waals surface area contributed by atoms with Crippen LogP contribution in [0.5, 0.6) is 5.75 Å². The molecule has 0 saturated carbocycles. The number of hydrogen-bond acceptors (Lipinski definition) is 4. The van der Waals surface area contributed by atoms with Gasteiger partial charge in [-0.2, -0.15) is 8.78 Å². The van der Waals surface area contributed by atoms with Crippen LogP contribution >= 0.6 is 0 Å². The van der Waals surface area contributed by atoms with E-state index in [1.807, 2.05) is 43.3 Å². The average molecular weight is 407 g/mol. The first-order chi connectivity index (χ1) is 14.5. The van der Waals surface area contributed by atoms with Gasteiger partial charge in [-0.15, -0.1) is 0 Å². The number of para-hydroxylation sites is 1. The zero-order valence-corrected chi connectivity index (χ0v) is 16.2. The van der Waals surface area contributed by atoms with Crippen LogP contribution in [-0.4, -0.2) is 16.3 Å². The smallest absolute Gasteiger partial charge is 0.387 e. The van der Waals surface area contributed by atoms with Crippen molar-refractivity contribution in [1.82, 2.24) is 9.66 Å². The predicted octanol–water partition coefficient (Wildman–Crippen LogP) is 4.72. The molecule has 0 atom stereocenters. The third-order valence-corrected chi connectivity index (χ3v) is 4.64. The normalized spacial score (nSPS) is 11.1. The maximum absolute atomic E-state index is 13.2. The molecule has 4 aromatic rings. The molecule has 1 N–H and O–H groups in total. The molecule has 0 aliphatic carbocycles. The van der Waals surface area contributed by atoms with Gasteiger partial charge in [0.15, 0.2) is 5.82 Å². The Kier molecular flexibility index (Phi) is 5.43. The van der Waals surface area contributed by atoms with E-state index in [0.717, 1.165) is 16.7 Å². The lowest BCUT2D eigenvalue weighted by molar-refractivity contribution is -0.0498. The first-order valence-electron chi connectivity index (χ1n) is 9.38. The SMILES string of the molecule is Cc1cccc(-c2nc3ccccc3c(=O)n2NCc2ccc(OC(F)F)cc2)c1. The van der Waals surface area contributed by atoms with Crippen LogP contribution in [0.3, 0.4) is 0 Å². The molecule has 5 nitrogen and oxygen atoms in total. The number of alkyl halides is 2. The number of nitrogens with zero attached hydrogens (tertiary/aromatic N) is 2. The van der Waals surface area contributed by atoms with Crippen molar-refractivity contribution >= 4 is 10.9 Å². The lowest BCUT2D eigenvalue weighted by Crippen LogP contribution is -2.31. The van der Waals surface area contributed by atoms with Gasteiger partial charge in [0.1, 0.15) is 5.75 Å². The van der Waals surface area contributed by atoms with Gasteiger partial charge in [-0.1, -0.05) is 48.0 Å². The van der Waals surface area contributed by atoms with Gasteiger partial charge in [-0.05, 0) is 42.8 Å². The van der Waals surface area contributed by atoms with E-state index in [1.54, 1.807) is 24.3 Å². The van der Waals surface area contributed by atoms with Gasteiger partial charge in [-0.25, -0.2) is 9.66 Å². The second-order valence-electron chi connectivity index (χ2n) is 6.82. The summed E-state index contributed by atoms with van der Waals surface area (Å²) < 4.78 is 30.4. The molecule has 152 valence electrons. The van der Waals surface area contributed by atoms with Crippen molar-refractivity contribution in [3.8, 4) is 17.1 Å². The van der Waals surface area contributed by atoms with Gasteiger partial charge in [-0.3, -0.25) is 4.79 Å². The van der Waals surface area contributed by atoms with Crippen LogP contribution in [0.4, 0.5) is 8.78 Å². The van der Waals surface area contributed by atoms with Crippen molar-refractivity contribution in [3.63, 3.8) is 0 Å². The highest BCUT2D eigenvalue weighted by molar-refractivity contribution is 5.79. The van der Waals surface area contributed by atoms with Gasteiger partial charge in [0.25, 0.3) is 5.56 Å². The summed E-state index contributed by atoms with van der Waals surface area (Å²) in [4.78, 5) is 17.9. The number of nitrogens with one attached hydrogen (secondary N) is 1. The minimum atomic E-state index is -2.87. The van der Waals surface area contributed by atoms with Crippen molar-refractivity contribution in [2.45, 2.75) is 20.1 Å². The number of hydrogen-bond donors (Lipinski definition) is 1. The molecular formula is C23H19F2N3O2. The lowest BCUT2D eigenvalue weighted by Gasteiger charge is -2.16. The van der Waals surface area contributed by atoms with E-state index in [4.69, 9.17) is 4.98 Å². The van der Waals surface area contributed by atoms with E-state index in [1.165, 1.54) is 16.8 Å². The van der Waals surface area contributed by atoms with E-state index in [9.17, 15) is 13.6 Å². The number of halogens is 2. The first kappa shape index (κ1) is 19.6. The van der Waals surface area contributed by atoms with E-state index in [0.29, 0.717) is 23.3 Å². The lowest BCUT2D eigenvalue weighted by atomic mass is 10.1. The number of rotatable bonds is 6. The third-order valence-electron chi connectivity index (χ3n) is 4.64. The van der Waals surface area contributed by atoms with Gasteiger partial charge < -0.3 is 10.2 Å². The largest absolute Gasteiger partial charge is 0.435 e. The van der Waals surface area contributed by atoms with Gasteiger partial charge in [0.05, 0.1) is 17.4 Å². The van der Waals surface area contributed by atoms with E-state index < -0.39 is 6.61 Å². The van der Waals surface area contributed by atoms with E-state index in [2.05, 4.69) is 10.2 Å². The van der Waals surface area contributed by atoms with Crippen molar-refractivity contribution in [2.75, 3.05) is 5.43 Å². The number of fused-ring (bicyclic) bond motifs is 1. The minimum absolute atomic E-state index is 0.0822. The molecule has 0 amide bonds. The topological polar surface area (TPSA) is 56.2 Å². The molecule has 0 radical (unpaired) electrons. The van der Waals surface area contributed by atoms with Crippen LogP contribution in [0.1, 0.15) is 11.1 Å². The van der Waals surface area contributed by atoms with Crippen LogP contribution in [0, 0.1) is 6.92 Å². The fourth-order valence-corrected chi connectivity index (χ4v) is 3.22. The number of aryl methyl sites for hydroxylation is 1. The molecule has 30 heavy (non-hydrogen) atoms. The molecule has 0 aliphatic heterocycles. The van der Waals surface area contributed by atoms with Crippen LogP contribution in [0.15, 0.2) is 77.6 Å². The minimum Gasteiger partial charge on any atom is -0.435 e. The molecule has 7 heteroatoms. The highest BCUT2D eigenvalue weighted by Crippen LogP contribution is 2.20. The quantitative estimate of drug-likeness (QED) is 0.503. The highest BCUT2D eigenvalue weighted by Gasteiger charge is 2.13. The second-order valence-corrected chi connectivity index (χ2v) is 6.82. The number of benzene rings is 3. The van der Waals surface area contributed by atoms with Crippen molar-refractivity contribution in [2.24, 2.45) is 0 Å². The van der Waals surface area contributed by atoms with Crippen molar-refractivity contribution < 1.29 is 13.5 Å². The van der Waals surface area contributed by atoms with E-state index in [-0.39, 0.29) is 11.3 Å². The Hall–Kier alpha value is -3.74. The molecule has 0 bridgehead atoms. The maximum Gasteiger partial charge on any atom is 0.387 e. The first-order valence-corrected chi connectivity index (χ1v) is 9.38. The maximum atomic E-state index is 13.2. The molecule has 4 rings (SSSR count). The third kappa shape index (κ3) is 4.15. The number of aromatic nitrogens is 2. The van der Waals surface area contributed by atoms with Gasteiger partial charge in [0, 0.05) is 5.56 Å². The van der Waals surface area contributed by atoms with Crippen molar-refractivity contribution in [1.29, 1.82) is 0 Å². The Labute approximate surface area is 171 Å². The summed E-state index contributed by atoms with van der Waals surface area (Å²) in [6.45, 7) is -0.593. The average Bonchev–Trinajstić information content (AvgIpc) is 2.74. The molecule has 1 heterocycles. The molecular weight excluding hydrogens is 388 g/mol. The zero-order valence-electron chi connectivity index (χ0n) is 16.2. The molecule has 1 aromatic heterocycles. The summed E-state index contributed by atoms with van der Waals surface area (Å²) in [6, 6.07) is 21.2. The summed E-state index contributed by atoms with van der Waals surface area (Å²) in [5.74, 6) is 0.582. The highest BCUT2D eigenvalue weighted by atomic mass is 19.3. The molecule has 0 aliphatic rings. The standard InChI is InChI=1S/C23H19F2N3O2/c1-15-5-4-6-17(13-15)21-27-20-8-3-2-7-19(20)22(29)28(21)26-14-16-9-11-18(12-10-16)30-23(24)25/h2-13,23,26H,14H2,1H3. The second kappa shape index (κ2) is 8.32. The Morgan fingerprint density at radius 3 is 2.53 bits per heavy atom. The summed E-state index contributed by atoms with van der Waals surface area (Å²) >= 11 is 0. The van der Waals surface area contributed by atoms with Gasteiger partial charge in [0.2, 0.25) is 0 Å². The Bertz CT molecular complexity index is 1240. The monoisotopic (exact) mass is 407 g/mol. The zero-order chi connectivity index (χ0) is 21.1. The molecule has 3 aromatic carbocycles. The molecule has 0 saturated heterocycles. The molecule has 0 fully saturated rings. The predicted molar refractivity (Wildman–Crippen MR) is 112 cm³/mol. The Morgan fingerprint density at radius 1 is 1.03 bits per heavy atom. The molecule has 0 unspecified atom stereocenters. The fourth-order valence-electron chi connectivity index (χ4n) is 3.22. The fraction of sp³-hybridized carbons (Fsp3) is 0.130. The van der Waals surface area contributed by atoms with Crippen LogP contribution < -0.4 is 15.7 Å². The van der Waals surface area contributed by atoms with Crippen LogP contribution in [0.25, 0.3) is 22.3 Å². The van der Waals surface area contributed by atoms with Crippen molar-refractivity contribution in [3.05, 3.63) is 94.3 Å². The Morgan fingerprint density at radius 2 is 1.80 bits per heavy atom. The summed E-state index contributed by atoms with van der Waals surface area (Å²) in [5, 5.41) is 0.502. The van der Waals surface area contributed by atoms with Crippen LogP contribution in [-0.2, 0) is 6.54 Å². The molecule has 0 spiro atoms. The summed E-state index contributed by atoms with van der Waals surface area (Å²) in [7, 11) is 0. The summed E-state index contributed by atoms with van der Waals surface area (Å²) in [5.41, 5.74) is 6.19. The summed E-state index contributed by atoms with van der Waals surface area (Å²) in [6.07, 6.45) is 0. The van der Waals surface area contributed by atoms with Crippen LogP contribution in [0.2, 0.25) is 0 Å². The Balaban J connectivity index is 1.71. The van der Waals surface area contributed by atoms with Gasteiger partial charge >= 0.3 is 6.61 Å². The van der Waals surface area contributed by atoms with E-state index >= 15 is 0 Å². The number of ether oxygens (including phenoxy) is 1.